The van der Waals surface area contributed by atoms with Gasteiger partial charge in [0.1, 0.15) is 5.75 Å². The molecule has 3 nitrogen and oxygen atoms in total. The van der Waals surface area contributed by atoms with Crippen LogP contribution in [-0.2, 0) is 17.8 Å². The molecule has 0 bridgehead atoms. The molecule has 0 aliphatic carbocycles. The highest BCUT2D eigenvalue weighted by Gasteiger charge is 2.18. The molecular formula is C13H15BrClNO2. The van der Waals surface area contributed by atoms with Gasteiger partial charge < -0.3 is 10.1 Å². The minimum atomic E-state index is -0.173. The van der Waals surface area contributed by atoms with Crippen molar-refractivity contribution in [1.82, 2.24) is 5.32 Å². The van der Waals surface area contributed by atoms with E-state index < -0.39 is 0 Å². The van der Waals surface area contributed by atoms with Gasteiger partial charge in [-0.15, -0.1) is 11.6 Å². The lowest BCUT2D eigenvalue weighted by atomic mass is 10.1. The molecule has 0 saturated heterocycles. The van der Waals surface area contributed by atoms with E-state index in [0.29, 0.717) is 19.0 Å². The van der Waals surface area contributed by atoms with Gasteiger partial charge in [0.15, 0.2) is 0 Å². The number of nitrogens with one attached hydrogen (secondary N) is 1. The van der Waals surface area contributed by atoms with Gasteiger partial charge >= 0.3 is 0 Å². The van der Waals surface area contributed by atoms with Gasteiger partial charge in [-0.1, -0.05) is 22.9 Å². The van der Waals surface area contributed by atoms with Crippen LogP contribution in [0.1, 0.15) is 18.1 Å². The van der Waals surface area contributed by atoms with E-state index in [4.69, 9.17) is 16.3 Å². The molecule has 1 aromatic rings. The first-order chi connectivity index (χ1) is 8.61. The molecule has 1 aliphatic heterocycles. The summed E-state index contributed by atoms with van der Waals surface area (Å²) in [6, 6.07) is 4.05. The molecule has 1 heterocycles. The van der Waals surface area contributed by atoms with Crippen molar-refractivity contribution in [3.63, 3.8) is 0 Å². The van der Waals surface area contributed by atoms with E-state index >= 15 is 0 Å². The summed E-state index contributed by atoms with van der Waals surface area (Å²) in [6.07, 6.45) is 0.924. The number of amides is 1. The second-order valence-corrected chi connectivity index (χ2v) is 5.65. The summed E-state index contributed by atoms with van der Waals surface area (Å²) >= 11 is 9.13. The number of benzene rings is 1. The van der Waals surface area contributed by atoms with Crippen molar-refractivity contribution in [1.29, 1.82) is 0 Å². The zero-order valence-electron chi connectivity index (χ0n) is 10.1. The lowest BCUT2D eigenvalue weighted by molar-refractivity contribution is -0.124. The Kier molecular flexibility index (Phi) is 4.51. The first-order valence-electron chi connectivity index (χ1n) is 5.89. The molecule has 0 saturated carbocycles. The van der Waals surface area contributed by atoms with Gasteiger partial charge in [0.2, 0.25) is 5.91 Å². The minimum Gasteiger partial charge on any atom is -0.493 e. The predicted octanol–water partition coefficient (Wildman–Crippen LogP) is 2.88. The summed E-state index contributed by atoms with van der Waals surface area (Å²) in [4.78, 5) is 11.7. The third-order valence-electron chi connectivity index (χ3n) is 2.96. The normalized spacial score (nSPS) is 14.8. The Labute approximate surface area is 120 Å². The highest BCUT2D eigenvalue weighted by atomic mass is 79.9. The van der Waals surface area contributed by atoms with Crippen LogP contribution in [0.15, 0.2) is 16.6 Å². The molecule has 0 spiro atoms. The van der Waals surface area contributed by atoms with Crippen LogP contribution in [0.2, 0.25) is 0 Å². The van der Waals surface area contributed by atoms with Crippen molar-refractivity contribution in [2.75, 3.05) is 12.5 Å². The largest absolute Gasteiger partial charge is 0.493 e. The van der Waals surface area contributed by atoms with Gasteiger partial charge in [-0.25, -0.2) is 0 Å². The fourth-order valence-electron chi connectivity index (χ4n) is 1.90. The predicted molar refractivity (Wildman–Crippen MR) is 75.1 cm³/mol. The molecule has 1 amide bonds. The first kappa shape index (κ1) is 13.7. The number of fused-ring (bicyclic) bond motifs is 1. The molecule has 18 heavy (non-hydrogen) atoms. The van der Waals surface area contributed by atoms with Crippen molar-refractivity contribution in [2.24, 2.45) is 5.92 Å². The van der Waals surface area contributed by atoms with Crippen LogP contribution in [-0.4, -0.2) is 18.4 Å². The maximum Gasteiger partial charge on any atom is 0.224 e. The number of halogens is 2. The SMILES string of the molecule is CC(CCl)C(=O)NCc1cc(Br)cc2c1OCC2. The van der Waals surface area contributed by atoms with Gasteiger partial charge in [-0.2, -0.15) is 0 Å². The zero-order valence-corrected chi connectivity index (χ0v) is 12.5. The maximum absolute atomic E-state index is 11.7. The average molecular weight is 333 g/mol. The lowest BCUT2D eigenvalue weighted by Crippen LogP contribution is -2.29. The van der Waals surface area contributed by atoms with E-state index in [1.165, 1.54) is 5.56 Å². The highest BCUT2D eigenvalue weighted by molar-refractivity contribution is 9.10. The second kappa shape index (κ2) is 5.93. The summed E-state index contributed by atoms with van der Waals surface area (Å²) in [7, 11) is 0. The molecule has 1 N–H and O–H groups in total. The van der Waals surface area contributed by atoms with Crippen LogP contribution >= 0.6 is 27.5 Å². The Morgan fingerprint density at radius 1 is 1.61 bits per heavy atom. The van der Waals surface area contributed by atoms with Gasteiger partial charge in [0, 0.05) is 34.8 Å². The van der Waals surface area contributed by atoms with Crippen LogP contribution in [0.3, 0.4) is 0 Å². The number of hydrogen-bond acceptors (Lipinski definition) is 2. The Bertz CT molecular complexity index is 465. The van der Waals surface area contributed by atoms with Crippen molar-refractivity contribution < 1.29 is 9.53 Å². The number of carbonyl (C=O) groups is 1. The fourth-order valence-corrected chi connectivity index (χ4v) is 2.60. The Morgan fingerprint density at radius 3 is 3.11 bits per heavy atom. The molecule has 98 valence electrons. The van der Waals surface area contributed by atoms with Crippen molar-refractivity contribution in [3.05, 3.63) is 27.7 Å². The summed E-state index contributed by atoms with van der Waals surface area (Å²) in [6.45, 7) is 3.00. The lowest BCUT2D eigenvalue weighted by Gasteiger charge is -2.12. The third kappa shape index (κ3) is 2.98. The number of ether oxygens (including phenoxy) is 1. The number of alkyl halides is 1. The van der Waals surface area contributed by atoms with E-state index in [1.54, 1.807) is 0 Å². The standard InChI is InChI=1S/C13H15BrClNO2/c1-8(6-15)13(17)16-7-10-5-11(14)4-9-2-3-18-12(9)10/h4-5,8H,2-3,6-7H2,1H3,(H,16,17). The van der Waals surface area contributed by atoms with Crippen LogP contribution in [0.25, 0.3) is 0 Å². The van der Waals surface area contributed by atoms with E-state index in [0.717, 1.165) is 22.2 Å². The second-order valence-electron chi connectivity index (χ2n) is 4.42. The summed E-state index contributed by atoms with van der Waals surface area (Å²) < 4.78 is 6.62. The number of rotatable bonds is 4. The Balaban J connectivity index is 2.08. The number of carbonyl (C=O) groups excluding carboxylic acids is 1. The first-order valence-corrected chi connectivity index (χ1v) is 7.22. The molecule has 1 aliphatic rings. The quantitative estimate of drug-likeness (QED) is 0.861. The van der Waals surface area contributed by atoms with Crippen LogP contribution in [0, 0.1) is 5.92 Å². The third-order valence-corrected chi connectivity index (χ3v) is 3.88. The molecular weight excluding hydrogens is 318 g/mol. The summed E-state index contributed by atoms with van der Waals surface area (Å²) in [5.74, 6) is 1.04. The molecule has 1 atom stereocenters. The maximum atomic E-state index is 11.7. The zero-order chi connectivity index (χ0) is 13.1. The molecule has 1 aromatic carbocycles. The number of hydrogen-bond donors (Lipinski definition) is 1. The minimum absolute atomic E-state index is 0.0308. The molecule has 2 rings (SSSR count). The average Bonchev–Trinajstić information content (AvgIpc) is 2.82. The van der Waals surface area contributed by atoms with Gasteiger partial charge in [-0.05, 0) is 17.7 Å². The van der Waals surface area contributed by atoms with E-state index in [2.05, 4.69) is 27.3 Å². The smallest absolute Gasteiger partial charge is 0.224 e. The molecule has 0 radical (unpaired) electrons. The highest BCUT2D eigenvalue weighted by Crippen LogP contribution is 2.32. The monoisotopic (exact) mass is 331 g/mol. The van der Waals surface area contributed by atoms with Crippen molar-refractivity contribution in [3.8, 4) is 5.75 Å². The van der Waals surface area contributed by atoms with Crippen molar-refractivity contribution >= 4 is 33.4 Å². The molecule has 5 heteroatoms. The molecule has 0 aromatic heterocycles. The molecule has 0 fully saturated rings. The van der Waals surface area contributed by atoms with E-state index in [-0.39, 0.29) is 11.8 Å². The van der Waals surface area contributed by atoms with E-state index in [1.807, 2.05) is 13.0 Å². The Morgan fingerprint density at radius 2 is 2.39 bits per heavy atom. The van der Waals surface area contributed by atoms with Crippen LogP contribution < -0.4 is 10.1 Å². The summed E-state index contributed by atoms with van der Waals surface area (Å²) in [5, 5.41) is 2.88. The van der Waals surface area contributed by atoms with Crippen molar-refractivity contribution in [2.45, 2.75) is 19.9 Å². The van der Waals surface area contributed by atoms with E-state index in [9.17, 15) is 4.79 Å². The van der Waals surface area contributed by atoms with Gasteiger partial charge in [0.05, 0.1) is 6.61 Å². The summed E-state index contributed by atoms with van der Waals surface area (Å²) in [5.41, 5.74) is 2.20. The Hall–Kier alpha value is -0.740. The topological polar surface area (TPSA) is 38.3 Å². The van der Waals surface area contributed by atoms with Gasteiger partial charge in [-0.3, -0.25) is 4.79 Å². The fraction of sp³-hybridized carbons (Fsp3) is 0.462. The van der Waals surface area contributed by atoms with Gasteiger partial charge in [0.25, 0.3) is 0 Å². The van der Waals surface area contributed by atoms with Crippen LogP contribution in [0.5, 0.6) is 5.75 Å². The van der Waals surface area contributed by atoms with Crippen LogP contribution in [0.4, 0.5) is 0 Å². The molecule has 1 unspecified atom stereocenters.